The van der Waals surface area contributed by atoms with Crippen LogP contribution in [0.5, 0.6) is 0 Å². The Hall–Kier alpha value is -0.500. The highest BCUT2D eigenvalue weighted by atomic mass is 15.2. The van der Waals surface area contributed by atoms with E-state index >= 15 is 0 Å². The topological polar surface area (TPSA) is 15.3 Å². The van der Waals surface area contributed by atoms with Gasteiger partial charge in [-0.3, -0.25) is 0 Å². The first kappa shape index (κ1) is 8.11. The number of likely N-dealkylation sites (N-methyl/N-ethyl adjacent to an activating group) is 1. The van der Waals surface area contributed by atoms with Gasteiger partial charge >= 0.3 is 0 Å². The van der Waals surface area contributed by atoms with Gasteiger partial charge in [-0.1, -0.05) is 6.58 Å². The molecule has 0 spiro atoms. The normalized spacial score (nSPS) is 25.1. The van der Waals surface area contributed by atoms with Crippen LogP contribution in [-0.2, 0) is 0 Å². The van der Waals surface area contributed by atoms with Gasteiger partial charge in [0, 0.05) is 18.8 Å². The van der Waals surface area contributed by atoms with E-state index in [1.807, 2.05) is 0 Å². The number of hydrogen-bond acceptors (Lipinski definition) is 2. The minimum absolute atomic E-state index is 0.682. The summed E-state index contributed by atoms with van der Waals surface area (Å²) in [5.41, 5.74) is 1.26. The Balaban J connectivity index is 1.62. The molecular formula is C10H18N2. The summed E-state index contributed by atoms with van der Waals surface area (Å²) in [4.78, 5) is 2.32. The maximum absolute atomic E-state index is 4.05. The van der Waals surface area contributed by atoms with Crippen molar-refractivity contribution < 1.29 is 0 Å². The molecule has 2 rings (SSSR count). The Bertz CT molecular complexity index is 178. The number of hydrogen-bond donors (Lipinski definition) is 1. The van der Waals surface area contributed by atoms with Crippen LogP contribution in [0.2, 0.25) is 0 Å². The second-order valence-electron chi connectivity index (χ2n) is 4.31. The quantitative estimate of drug-likeness (QED) is 0.675. The molecule has 0 amide bonds. The molecule has 1 heterocycles. The van der Waals surface area contributed by atoms with E-state index in [-0.39, 0.29) is 0 Å². The van der Waals surface area contributed by atoms with E-state index in [1.165, 1.54) is 38.0 Å². The molecule has 2 nitrogen and oxygen atoms in total. The first-order valence-electron chi connectivity index (χ1n) is 4.87. The summed E-state index contributed by atoms with van der Waals surface area (Å²) in [5, 5.41) is 3.48. The average molecular weight is 166 g/mol. The van der Waals surface area contributed by atoms with Crippen molar-refractivity contribution in [2.75, 3.05) is 20.1 Å². The molecule has 0 unspecified atom stereocenters. The SMILES string of the molecule is C=C(CC1CC1)NC1CN(C)C1. The first-order chi connectivity index (χ1) is 5.74. The van der Waals surface area contributed by atoms with Gasteiger partial charge in [0.2, 0.25) is 0 Å². The Morgan fingerprint density at radius 1 is 1.50 bits per heavy atom. The molecule has 1 aliphatic heterocycles. The van der Waals surface area contributed by atoms with Gasteiger partial charge in [-0.2, -0.15) is 0 Å². The lowest BCUT2D eigenvalue weighted by molar-refractivity contribution is 0.169. The predicted molar refractivity (Wildman–Crippen MR) is 50.9 cm³/mol. The van der Waals surface area contributed by atoms with E-state index < -0.39 is 0 Å². The zero-order chi connectivity index (χ0) is 8.55. The van der Waals surface area contributed by atoms with Crippen LogP contribution in [0, 0.1) is 5.92 Å². The van der Waals surface area contributed by atoms with Crippen LogP contribution in [-0.4, -0.2) is 31.1 Å². The van der Waals surface area contributed by atoms with Gasteiger partial charge in [0.1, 0.15) is 0 Å². The number of allylic oxidation sites excluding steroid dienone is 1. The van der Waals surface area contributed by atoms with Crippen molar-refractivity contribution in [2.45, 2.75) is 25.3 Å². The third-order valence-corrected chi connectivity index (χ3v) is 2.70. The molecule has 0 atom stereocenters. The Kier molecular flexibility index (Phi) is 2.09. The van der Waals surface area contributed by atoms with Gasteiger partial charge in [-0.25, -0.2) is 0 Å². The summed E-state index contributed by atoms with van der Waals surface area (Å²) < 4.78 is 0. The van der Waals surface area contributed by atoms with Crippen LogP contribution >= 0.6 is 0 Å². The number of nitrogens with zero attached hydrogens (tertiary/aromatic N) is 1. The molecular weight excluding hydrogens is 148 g/mol. The van der Waals surface area contributed by atoms with Crippen molar-refractivity contribution in [3.63, 3.8) is 0 Å². The van der Waals surface area contributed by atoms with E-state index in [4.69, 9.17) is 0 Å². The lowest BCUT2D eigenvalue weighted by Crippen LogP contribution is -2.55. The summed E-state index contributed by atoms with van der Waals surface area (Å²) >= 11 is 0. The minimum atomic E-state index is 0.682. The van der Waals surface area contributed by atoms with Gasteiger partial charge in [-0.05, 0) is 32.2 Å². The van der Waals surface area contributed by atoms with Crippen molar-refractivity contribution in [3.05, 3.63) is 12.3 Å². The monoisotopic (exact) mass is 166 g/mol. The van der Waals surface area contributed by atoms with Crippen LogP contribution in [0.1, 0.15) is 19.3 Å². The molecule has 0 aromatic rings. The van der Waals surface area contributed by atoms with Crippen molar-refractivity contribution in [1.29, 1.82) is 0 Å². The van der Waals surface area contributed by atoms with E-state index in [0.29, 0.717) is 6.04 Å². The molecule has 2 fully saturated rings. The molecule has 68 valence electrons. The van der Waals surface area contributed by atoms with Gasteiger partial charge in [-0.15, -0.1) is 0 Å². The number of nitrogens with one attached hydrogen (secondary N) is 1. The van der Waals surface area contributed by atoms with E-state index in [2.05, 4.69) is 23.8 Å². The lowest BCUT2D eigenvalue weighted by atomic mass is 10.1. The highest BCUT2D eigenvalue weighted by molar-refractivity contribution is 5.01. The fourth-order valence-electron chi connectivity index (χ4n) is 1.81. The Morgan fingerprint density at radius 2 is 2.17 bits per heavy atom. The first-order valence-corrected chi connectivity index (χ1v) is 4.87. The van der Waals surface area contributed by atoms with Crippen LogP contribution < -0.4 is 5.32 Å². The zero-order valence-corrected chi connectivity index (χ0v) is 7.84. The van der Waals surface area contributed by atoms with Gasteiger partial charge in [0.05, 0.1) is 6.04 Å². The second-order valence-corrected chi connectivity index (χ2v) is 4.31. The highest BCUT2D eigenvalue weighted by Crippen LogP contribution is 2.34. The Labute approximate surface area is 74.6 Å². The predicted octanol–water partition coefficient (Wildman–Crippen LogP) is 1.20. The molecule has 2 heteroatoms. The maximum atomic E-state index is 4.05. The third kappa shape index (κ3) is 2.01. The highest BCUT2D eigenvalue weighted by Gasteiger charge is 2.26. The molecule has 0 aromatic heterocycles. The van der Waals surface area contributed by atoms with Gasteiger partial charge < -0.3 is 10.2 Å². The summed E-state index contributed by atoms with van der Waals surface area (Å²) in [5.74, 6) is 0.961. The zero-order valence-electron chi connectivity index (χ0n) is 7.84. The number of likely N-dealkylation sites (tertiary alicyclic amines) is 1. The second kappa shape index (κ2) is 3.09. The third-order valence-electron chi connectivity index (χ3n) is 2.70. The molecule has 2 aliphatic rings. The van der Waals surface area contributed by atoms with Crippen LogP contribution in [0.3, 0.4) is 0 Å². The summed E-state index contributed by atoms with van der Waals surface area (Å²) in [7, 11) is 2.15. The smallest absolute Gasteiger partial charge is 0.0512 e. The molecule has 1 aliphatic carbocycles. The van der Waals surface area contributed by atoms with Crippen LogP contribution in [0.25, 0.3) is 0 Å². The summed E-state index contributed by atoms with van der Waals surface area (Å²) in [6.45, 7) is 6.42. The van der Waals surface area contributed by atoms with Crippen molar-refractivity contribution in [3.8, 4) is 0 Å². The molecule has 0 bridgehead atoms. The summed E-state index contributed by atoms with van der Waals surface area (Å²) in [6, 6.07) is 0.682. The average Bonchev–Trinajstić information content (AvgIpc) is 2.68. The van der Waals surface area contributed by atoms with Crippen LogP contribution in [0.15, 0.2) is 12.3 Å². The molecule has 1 saturated carbocycles. The van der Waals surface area contributed by atoms with E-state index in [9.17, 15) is 0 Å². The van der Waals surface area contributed by atoms with Crippen molar-refractivity contribution in [1.82, 2.24) is 10.2 Å². The largest absolute Gasteiger partial charge is 0.383 e. The van der Waals surface area contributed by atoms with Crippen molar-refractivity contribution >= 4 is 0 Å². The van der Waals surface area contributed by atoms with E-state index in [0.717, 1.165) is 5.92 Å². The molecule has 0 radical (unpaired) electrons. The fourth-order valence-corrected chi connectivity index (χ4v) is 1.81. The number of rotatable bonds is 4. The van der Waals surface area contributed by atoms with Gasteiger partial charge in [0.15, 0.2) is 0 Å². The maximum Gasteiger partial charge on any atom is 0.0512 e. The molecule has 1 saturated heterocycles. The van der Waals surface area contributed by atoms with Crippen molar-refractivity contribution in [2.24, 2.45) is 5.92 Å². The van der Waals surface area contributed by atoms with Crippen LogP contribution in [0.4, 0.5) is 0 Å². The molecule has 0 aromatic carbocycles. The minimum Gasteiger partial charge on any atom is -0.383 e. The standard InChI is InChI=1S/C10H18N2/c1-8(5-9-3-4-9)11-10-6-12(2)7-10/h9-11H,1,3-7H2,2H3. The lowest BCUT2D eigenvalue weighted by Gasteiger charge is -2.37. The molecule has 12 heavy (non-hydrogen) atoms. The van der Waals surface area contributed by atoms with E-state index in [1.54, 1.807) is 0 Å². The fraction of sp³-hybridized carbons (Fsp3) is 0.800. The Morgan fingerprint density at radius 3 is 2.67 bits per heavy atom. The van der Waals surface area contributed by atoms with Gasteiger partial charge in [0.25, 0.3) is 0 Å². The molecule has 1 N–H and O–H groups in total. The summed E-state index contributed by atoms with van der Waals surface area (Å²) in [6.07, 6.45) is 4.05.